The van der Waals surface area contributed by atoms with Crippen molar-refractivity contribution in [1.82, 2.24) is 0 Å². The van der Waals surface area contributed by atoms with Crippen molar-refractivity contribution in [2.24, 2.45) is 7.05 Å². The first-order chi connectivity index (χ1) is 6.77. The van der Waals surface area contributed by atoms with E-state index in [1.165, 1.54) is 16.8 Å². The van der Waals surface area contributed by atoms with Crippen molar-refractivity contribution in [3.63, 3.8) is 0 Å². The van der Waals surface area contributed by atoms with Gasteiger partial charge in [0, 0.05) is 19.1 Å². The van der Waals surface area contributed by atoms with E-state index >= 15 is 0 Å². The van der Waals surface area contributed by atoms with Gasteiger partial charge >= 0.3 is 0 Å². The molecule has 0 atom stereocenters. The van der Waals surface area contributed by atoms with Crippen LogP contribution in [0.2, 0.25) is 0 Å². The van der Waals surface area contributed by atoms with E-state index in [1.54, 1.807) is 0 Å². The van der Waals surface area contributed by atoms with E-state index in [-0.39, 0.29) is 0 Å². The van der Waals surface area contributed by atoms with Crippen molar-refractivity contribution in [2.45, 2.75) is 6.92 Å². The third-order valence-corrected chi connectivity index (χ3v) is 2.51. The lowest BCUT2D eigenvalue weighted by Gasteiger charge is -2.00. The van der Waals surface area contributed by atoms with E-state index < -0.39 is 0 Å². The lowest BCUT2D eigenvalue weighted by Crippen LogP contribution is -2.30. The van der Waals surface area contributed by atoms with Crippen LogP contribution in [0, 0.1) is 6.92 Å². The molecule has 1 aromatic heterocycles. The van der Waals surface area contributed by atoms with Crippen LogP contribution in [0.3, 0.4) is 0 Å². The summed E-state index contributed by atoms with van der Waals surface area (Å²) in [5.41, 5.74) is 3.82. The number of pyridine rings is 1. The van der Waals surface area contributed by atoms with Crippen molar-refractivity contribution in [1.29, 1.82) is 0 Å². The van der Waals surface area contributed by atoms with Gasteiger partial charge in [-0.1, -0.05) is 30.3 Å². The third-order valence-electron chi connectivity index (χ3n) is 2.51. The molecule has 14 heavy (non-hydrogen) atoms. The van der Waals surface area contributed by atoms with Crippen LogP contribution in [0.25, 0.3) is 11.1 Å². The van der Waals surface area contributed by atoms with Crippen LogP contribution in [0.1, 0.15) is 5.69 Å². The normalized spacial score (nSPS) is 10.1. The second-order valence-corrected chi connectivity index (χ2v) is 3.53. The Balaban J connectivity index is 2.48. The summed E-state index contributed by atoms with van der Waals surface area (Å²) in [6.45, 7) is 2.12. The van der Waals surface area contributed by atoms with Gasteiger partial charge in [-0.25, -0.2) is 4.57 Å². The van der Waals surface area contributed by atoms with Gasteiger partial charge in [0.15, 0.2) is 11.9 Å². The molecule has 0 unspecified atom stereocenters. The van der Waals surface area contributed by atoms with Crippen LogP contribution in [-0.2, 0) is 7.05 Å². The van der Waals surface area contributed by atoms with Crippen LogP contribution in [0.5, 0.6) is 0 Å². The highest BCUT2D eigenvalue weighted by atomic mass is 14.9. The Morgan fingerprint density at radius 1 is 0.929 bits per heavy atom. The van der Waals surface area contributed by atoms with Gasteiger partial charge in [0.2, 0.25) is 0 Å². The summed E-state index contributed by atoms with van der Waals surface area (Å²) in [5.74, 6) is 0. The largest absolute Gasteiger partial charge is 0.205 e. The van der Waals surface area contributed by atoms with Crippen LogP contribution in [-0.4, -0.2) is 0 Å². The minimum atomic E-state index is 1.27. The Labute approximate surface area is 84.6 Å². The van der Waals surface area contributed by atoms with Crippen molar-refractivity contribution in [2.75, 3.05) is 0 Å². The zero-order valence-corrected chi connectivity index (χ0v) is 8.57. The van der Waals surface area contributed by atoms with E-state index in [2.05, 4.69) is 61.1 Å². The molecule has 0 aliphatic rings. The number of benzene rings is 1. The summed E-state index contributed by atoms with van der Waals surface area (Å²) < 4.78 is 2.12. The molecular formula is C13H14N+. The molecule has 1 heterocycles. The Bertz CT molecular complexity index is 432. The van der Waals surface area contributed by atoms with Crippen LogP contribution in [0.4, 0.5) is 0 Å². The predicted molar refractivity (Wildman–Crippen MR) is 57.8 cm³/mol. The molecule has 0 N–H and O–H groups in total. The average Bonchev–Trinajstić information content (AvgIpc) is 2.23. The second-order valence-electron chi connectivity index (χ2n) is 3.53. The van der Waals surface area contributed by atoms with E-state index in [0.717, 1.165) is 0 Å². The number of aryl methyl sites for hydroxylation is 2. The van der Waals surface area contributed by atoms with Gasteiger partial charge in [-0.2, -0.15) is 0 Å². The van der Waals surface area contributed by atoms with Gasteiger partial charge in [0.25, 0.3) is 0 Å². The van der Waals surface area contributed by atoms with Crippen molar-refractivity contribution in [3.8, 4) is 11.1 Å². The van der Waals surface area contributed by atoms with Crippen LogP contribution < -0.4 is 4.57 Å². The minimum absolute atomic E-state index is 1.27. The number of hydrogen-bond donors (Lipinski definition) is 0. The molecule has 0 fully saturated rings. The SMILES string of the molecule is Cc1cc(-c2ccccc2)cc[n+]1C. The molecule has 1 heteroatoms. The maximum atomic E-state index is 2.20. The molecule has 0 bridgehead atoms. The van der Waals surface area contributed by atoms with Crippen molar-refractivity contribution in [3.05, 3.63) is 54.4 Å². The fourth-order valence-electron chi connectivity index (χ4n) is 1.49. The van der Waals surface area contributed by atoms with Crippen molar-refractivity contribution < 1.29 is 4.57 Å². The molecular weight excluding hydrogens is 170 g/mol. The van der Waals surface area contributed by atoms with Gasteiger partial charge in [0.05, 0.1) is 0 Å². The summed E-state index contributed by atoms with van der Waals surface area (Å²) in [6.07, 6.45) is 2.09. The third kappa shape index (κ3) is 1.67. The van der Waals surface area contributed by atoms with Gasteiger partial charge in [-0.3, -0.25) is 0 Å². The van der Waals surface area contributed by atoms with E-state index in [0.29, 0.717) is 0 Å². The molecule has 2 rings (SSSR count). The van der Waals surface area contributed by atoms with Gasteiger partial charge in [-0.15, -0.1) is 0 Å². The molecule has 1 nitrogen and oxygen atoms in total. The van der Waals surface area contributed by atoms with E-state index in [1.807, 2.05) is 6.07 Å². The average molecular weight is 184 g/mol. The van der Waals surface area contributed by atoms with Crippen molar-refractivity contribution >= 4 is 0 Å². The molecule has 0 aliphatic heterocycles. The highest BCUT2D eigenvalue weighted by Crippen LogP contribution is 2.17. The molecule has 0 spiro atoms. The molecule has 0 amide bonds. The zero-order valence-electron chi connectivity index (χ0n) is 8.57. The summed E-state index contributed by atoms with van der Waals surface area (Å²) in [4.78, 5) is 0. The highest BCUT2D eigenvalue weighted by molar-refractivity contribution is 5.62. The van der Waals surface area contributed by atoms with E-state index in [4.69, 9.17) is 0 Å². The monoisotopic (exact) mass is 184 g/mol. The van der Waals surface area contributed by atoms with Crippen LogP contribution >= 0.6 is 0 Å². The molecule has 0 saturated heterocycles. The Hall–Kier alpha value is -1.63. The summed E-state index contributed by atoms with van der Waals surface area (Å²) in [5, 5.41) is 0. The molecule has 0 aliphatic carbocycles. The maximum Gasteiger partial charge on any atom is 0.178 e. The molecule has 1 aromatic carbocycles. The Kier molecular flexibility index (Phi) is 2.32. The van der Waals surface area contributed by atoms with E-state index in [9.17, 15) is 0 Å². The topological polar surface area (TPSA) is 3.88 Å². The van der Waals surface area contributed by atoms with Gasteiger partial charge in [-0.05, 0) is 11.1 Å². The number of rotatable bonds is 1. The zero-order chi connectivity index (χ0) is 9.97. The Morgan fingerprint density at radius 2 is 1.64 bits per heavy atom. The fraction of sp³-hybridized carbons (Fsp3) is 0.154. The highest BCUT2D eigenvalue weighted by Gasteiger charge is 2.02. The summed E-state index contributed by atoms with van der Waals surface area (Å²) in [7, 11) is 2.06. The number of nitrogens with zero attached hydrogens (tertiary/aromatic N) is 1. The lowest BCUT2D eigenvalue weighted by molar-refractivity contribution is -0.677. The maximum absolute atomic E-state index is 2.20. The summed E-state index contributed by atoms with van der Waals surface area (Å²) in [6, 6.07) is 14.8. The minimum Gasteiger partial charge on any atom is -0.205 e. The smallest absolute Gasteiger partial charge is 0.178 e. The molecule has 2 aromatic rings. The van der Waals surface area contributed by atoms with Crippen LogP contribution in [0.15, 0.2) is 48.7 Å². The fourth-order valence-corrected chi connectivity index (χ4v) is 1.49. The summed E-state index contributed by atoms with van der Waals surface area (Å²) >= 11 is 0. The van der Waals surface area contributed by atoms with Gasteiger partial charge < -0.3 is 0 Å². The first-order valence-corrected chi connectivity index (χ1v) is 4.79. The quantitative estimate of drug-likeness (QED) is 0.599. The second kappa shape index (κ2) is 3.62. The Morgan fingerprint density at radius 3 is 2.29 bits per heavy atom. The van der Waals surface area contributed by atoms with Gasteiger partial charge in [0.1, 0.15) is 7.05 Å². The molecule has 70 valence electrons. The standard InChI is InChI=1S/C13H14N/c1-11-10-13(8-9-14(11)2)12-6-4-3-5-7-12/h3-10H,1-2H3/q+1. The molecule has 0 radical (unpaired) electrons. The number of hydrogen-bond acceptors (Lipinski definition) is 0. The number of aromatic nitrogens is 1. The lowest BCUT2D eigenvalue weighted by atomic mass is 10.1. The molecule has 0 saturated carbocycles. The first kappa shape index (κ1) is 8.95. The predicted octanol–water partition coefficient (Wildman–Crippen LogP) is 2.49. The first-order valence-electron chi connectivity index (χ1n) is 4.79.